The van der Waals surface area contributed by atoms with Gasteiger partial charge < -0.3 is 19.9 Å². The van der Waals surface area contributed by atoms with Crippen LogP contribution in [0.5, 0.6) is 0 Å². The summed E-state index contributed by atoms with van der Waals surface area (Å²) in [6.07, 6.45) is 13.4. The SMILES string of the molecule is C=CC(=O)N1CCN(C2NC(OC[C@@H]3CCCN3C)NC3C[C@]4(CCCC5CCNCC54)CCC32)C[C@@H]1CC#N. The molecule has 9 atom stereocenters. The first-order valence-electron chi connectivity index (χ1n) is 16.1. The number of hydrogen-bond acceptors (Lipinski definition) is 8. The first-order chi connectivity index (χ1) is 19.5. The highest BCUT2D eigenvalue weighted by molar-refractivity contribution is 5.87. The summed E-state index contributed by atoms with van der Waals surface area (Å²) in [5.74, 6) is 2.11. The molecule has 0 aromatic rings. The third-order valence-electron chi connectivity index (χ3n) is 11.7. The normalized spacial score (nSPS) is 42.6. The summed E-state index contributed by atoms with van der Waals surface area (Å²) in [5, 5.41) is 21.2. The lowest BCUT2D eigenvalue weighted by molar-refractivity contribution is -0.140. The van der Waals surface area contributed by atoms with E-state index in [1.165, 1.54) is 77.0 Å². The standard InChI is InChI=1S/C31H51N7O2/c1-3-28(39)38-17-16-37(20-23(38)9-13-32)29-25-8-12-31(11-4-6-22-10-14-33-19-26(22)31)18-27(25)34-30(35-29)40-21-24-7-5-15-36(24)2/h3,22-27,29-30,33-35H,1,4-12,14-21H2,2H3/t22?,23-,24-,25?,26?,27?,29?,30?,31-/m0/s1. The minimum absolute atomic E-state index is 0.0644. The number of amides is 1. The molecule has 1 spiro atoms. The van der Waals surface area contributed by atoms with Crippen molar-refractivity contribution in [1.82, 2.24) is 30.7 Å². The summed E-state index contributed by atoms with van der Waals surface area (Å²) in [5.41, 5.74) is 0.432. The molecule has 0 aromatic carbocycles. The van der Waals surface area contributed by atoms with Crippen LogP contribution in [0.15, 0.2) is 12.7 Å². The van der Waals surface area contributed by atoms with Crippen molar-refractivity contribution < 1.29 is 9.53 Å². The predicted octanol–water partition coefficient (Wildman–Crippen LogP) is 2.08. The molecule has 40 heavy (non-hydrogen) atoms. The second kappa shape index (κ2) is 12.4. The molecule has 6 rings (SSSR count). The minimum atomic E-state index is -0.179. The zero-order chi connectivity index (χ0) is 27.7. The minimum Gasteiger partial charge on any atom is -0.348 e. The maximum atomic E-state index is 12.6. The average Bonchev–Trinajstić information content (AvgIpc) is 3.40. The van der Waals surface area contributed by atoms with Gasteiger partial charge in [0, 0.05) is 37.6 Å². The number of carbonyl (C=O) groups is 1. The lowest BCUT2D eigenvalue weighted by Gasteiger charge is -2.59. The molecule has 4 heterocycles. The number of carbonyl (C=O) groups excluding carboxylic acids is 1. The highest BCUT2D eigenvalue weighted by Gasteiger charge is 2.54. The Kier molecular flexibility index (Phi) is 8.83. The fourth-order valence-corrected chi connectivity index (χ4v) is 9.56. The molecule has 6 aliphatic rings. The molecule has 9 heteroatoms. The maximum Gasteiger partial charge on any atom is 0.246 e. The monoisotopic (exact) mass is 553 g/mol. The van der Waals surface area contributed by atoms with Gasteiger partial charge in [0.25, 0.3) is 0 Å². The van der Waals surface area contributed by atoms with Crippen molar-refractivity contribution in [3.63, 3.8) is 0 Å². The zero-order valence-electron chi connectivity index (χ0n) is 24.5. The van der Waals surface area contributed by atoms with E-state index in [-0.39, 0.29) is 24.5 Å². The molecule has 2 saturated carbocycles. The number of likely N-dealkylation sites (N-methyl/N-ethyl adjacent to an activating group) is 1. The Balaban J connectivity index is 1.21. The molecule has 222 valence electrons. The second-order valence-corrected chi connectivity index (χ2v) is 13.6. The number of nitrogens with one attached hydrogen (secondary N) is 3. The van der Waals surface area contributed by atoms with Gasteiger partial charge in [-0.2, -0.15) is 5.26 Å². The largest absolute Gasteiger partial charge is 0.348 e. The molecule has 1 amide bonds. The van der Waals surface area contributed by atoms with Crippen LogP contribution in [-0.4, -0.2) is 104 Å². The number of likely N-dealkylation sites (tertiary alicyclic amines) is 1. The van der Waals surface area contributed by atoms with Gasteiger partial charge in [-0.15, -0.1) is 0 Å². The number of piperazine rings is 1. The van der Waals surface area contributed by atoms with Crippen molar-refractivity contribution in [2.75, 3.05) is 52.9 Å². The molecular weight excluding hydrogens is 502 g/mol. The number of piperidine rings is 1. The van der Waals surface area contributed by atoms with Gasteiger partial charge >= 0.3 is 0 Å². The molecule has 0 radical (unpaired) electrons. The molecule has 0 bridgehead atoms. The van der Waals surface area contributed by atoms with E-state index >= 15 is 0 Å². The van der Waals surface area contributed by atoms with Crippen LogP contribution in [-0.2, 0) is 9.53 Å². The third-order valence-corrected chi connectivity index (χ3v) is 11.7. The molecule has 6 fully saturated rings. The zero-order valence-corrected chi connectivity index (χ0v) is 24.5. The van der Waals surface area contributed by atoms with Crippen LogP contribution in [0.4, 0.5) is 0 Å². The number of nitriles is 1. The lowest BCUT2D eigenvalue weighted by Crippen LogP contribution is -2.73. The molecule has 9 nitrogen and oxygen atoms in total. The molecule has 3 N–H and O–H groups in total. The number of rotatable bonds is 6. The van der Waals surface area contributed by atoms with Crippen LogP contribution in [0.2, 0.25) is 0 Å². The molecule has 4 aliphatic heterocycles. The van der Waals surface area contributed by atoms with E-state index in [9.17, 15) is 10.1 Å². The summed E-state index contributed by atoms with van der Waals surface area (Å²) in [6, 6.07) is 3.13. The van der Waals surface area contributed by atoms with Crippen LogP contribution in [0.1, 0.15) is 64.2 Å². The quantitative estimate of drug-likeness (QED) is 0.431. The third kappa shape index (κ3) is 5.60. The fourth-order valence-electron chi connectivity index (χ4n) is 9.56. The molecule has 4 saturated heterocycles. The summed E-state index contributed by atoms with van der Waals surface area (Å²) < 4.78 is 6.61. The summed E-state index contributed by atoms with van der Waals surface area (Å²) in [4.78, 5) is 19.4. The van der Waals surface area contributed by atoms with Crippen LogP contribution >= 0.6 is 0 Å². The highest BCUT2D eigenvalue weighted by atomic mass is 16.5. The Bertz CT molecular complexity index is 954. The van der Waals surface area contributed by atoms with Crippen molar-refractivity contribution in [3.8, 4) is 6.07 Å². The Morgan fingerprint density at radius 3 is 2.83 bits per heavy atom. The number of fused-ring (bicyclic) bond motifs is 3. The van der Waals surface area contributed by atoms with Crippen LogP contribution in [0.3, 0.4) is 0 Å². The van der Waals surface area contributed by atoms with Gasteiger partial charge in [0.1, 0.15) is 0 Å². The van der Waals surface area contributed by atoms with E-state index < -0.39 is 0 Å². The lowest BCUT2D eigenvalue weighted by atomic mass is 9.52. The van der Waals surface area contributed by atoms with Gasteiger partial charge in [0.05, 0.1) is 31.3 Å². The van der Waals surface area contributed by atoms with Crippen molar-refractivity contribution in [1.29, 1.82) is 5.26 Å². The van der Waals surface area contributed by atoms with Crippen molar-refractivity contribution in [2.24, 2.45) is 23.2 Å². The van der Waals surface area contributed by atoms with Crippen LogP contribution in [0.25, 0.3) is 0 Å². The smallest absolute Gasteiger partial charge is 0.246 e. The number of hydrogen-bond donors (Lipinski definition) is 3. The summed E-state index contributed by atoms with van der Waals surface area (Å²) >= 11 is 0. The predicted molar refractivity (Wildman–Crippen MR) is 155 cm³/mol. The Morgan fingerprint density at radius 1 is 1.12 bits per heavy atom. The Hall–Kier alpha value is -1.54. The second-order valence-electron chi connectivity index (χ2n) is 13.6. The average molecular weight is 554 g/mol. The molecular formula is C31H51N7O2. The van der Waals surface area contributed by atoms with E-state index in [0.29, 0.717) is 42.9 Å². The van der Waals surface area contributed by atoms with E-state index in [2.05, 4.69) is 45.4 Å². The van der Waals surface area contributed by atoms with Crippen molar-refractivity contribution >= 4 is 5.91 Å². The van der Waals surface area contributed by atoms with Crippen LogP contribution < -0.4 is 16.0 Å². The van der Waals surface area contributed by atoms with Gasteiger partial charge in [-0.1, -0.05) is 19.4 Å². The number of ether oxygens (including phenoxy) is 1. The first kappa shape index (κ1) is 28.6. The highest BCUT2D eigenvalue weighted by Crippen LogP contribution is 2.56. The van der Waals surface area contributed by atoms with E-state index in [1.807, 2.05) is 4.90 Å². The van der Waals surface area contributed by atoms with Crippen molar-refractivity contribution in [3.05, 3.63) is 12.7 Å². The topological polar surface area (TPSA) is 95.9 Å². The van der Waals surface area contributed by atoms with Crippen molar-refractivity contribution in [2.45, 2.75) is 94.9 Å². The van der Waals surface area contributed by atoms with Gasteiger partial charge in [0.2, 0.25) is 5.91 Å². The molecule has 2 aliphatic carbocycles. The fraction of sp³-hybridized carbons (Fsp3) is 0.871. The van der Waals surface area contributed by atoms with Crippen LogP contribution in [0, 0.1) is 34.5 Å². The maximum absolute atomic E-state index is 12.6. The van der Waals surface area contributed by atoms with Gasteiger partial charge in [0.15, 0.2) is 6.35 Å². The Morgan fingerprint density at radius 2 is 2.02 bits per heavy atom. The molecule has 0 aromatic heterocycles. The Labute approximate surface area is 241 Å². The van der Waals surface area contributed by atoms with Gasteiger partial charge in [-0.25, -0.2) is 0 Å². The van der Waals surface area contributed by atoms with Gasteiger partial charge in [-0.3, -0.25) is 20.3 Å². The van der Waals surface area contributed by atoms with E-state index in [1.54, 1.807) is 0 Å². The molecule has 6 unspecified atom stereocenters. The first-order valence-corrected chi connectivity index (χ1v) is 16.1. The summed E-state index contributed by atoms with van der Waals surface area (Å²) in [6.45, 7) is 10.1. The van der Waals surface area contributed by atoms with Gasteiger partial charge in [-0.05, 0) is 95.0 Å². The summed E-state index contributed by atoms with van der Waals surface area (Å²) in [7, 11) is 2.21. The van der Waals surface area contributed by atoms with E-state index in [0.717, 1.165) is 31.5 Å². The number of nitrogens with zero attached hydrogens (tertiary/aromatic N) is 4. The van der Waals surface area contributed by atoms with E-state index in [4.69, 9.17) is 4.74 Å².